The molecular formula is C20H26N4O. The number of nitrogens with zero attached hydrogens (tertiary/aromatic N) is 3. The minimum absolute atomic E-state index is 0.160. The van der Waals surface area contributed by atoms with Crippen LogP contribution in [0.4, 0.5) is 0 Å². The van der Waals surface area contributed by atoms with E-state index >= 15 is 0 Å². The Labute approximate surface area is 149 Å². The average Bonchev–Trinajstić information content (AvgIpc) is 2.61. The molecule has 0 saturated carbocycles. The third-order valence-corrected chi connectivity index (χ3v) is 4.76. The van der Waals surface area contributed by atoms with Crippen molar-refractivity contribution < 1.29 is 4.79 Å². The molecule has 25 heavy (non-hydrogen) atoms. The quantitative estimate of drug-likeness (QED) is 0.871. The fraction of sp³-hybridized carbons (Fsp3) is 0.450. The molecule has 1 aromatic carbocycles. The maximum Gasteiger partial charge on any atom is 0.272 e. The first-order valence-electron chi connectivity index (χ1n) is 8.85. The Balaban J connectivity index is 1.54. The molecule has 0 spiro atoms. The van der Waals surface area contributed by atoms with Crippen LogP contribution in [-0.4, -0.2) is 47.2 Å². The first kappa shape index (κ1) is 17.5. The molecule has 0 radical (unpaired) electrons. The fourth-order valence-electron chi connectivity index (χ4n) is 3.20. The van der Waals surface area contributed by atoms with Gasteiger partial charge in [-0.2, -0.15) is 5.10 Å². The van der Waals surface area contributed by atoms with Crippen molar-refractivity contribution >= 4 is 16.7 Å². The van der Waals surface area contributed by atoms with E-state index in [1.807, 2.05) is 24.3 Å². The first-order valence-corrected chi connectivity index (χ1v) is 8.85. The summed E-state index contributed by atoms with van der Waals surface area (Å²) in [7, 11) is 0. The molecule has 1 N–H and O–H groups in total. The third kappa shape index (κ3) is 4.23. The lowest BCUT2D eigenvalue weighted by atomic mass is 9.83. The zero-order valence-corrected chi connectivity index (χ0v) is 15.2. The SMILES string of the molecule is CC(C)(C)C1=CCN(CCNC(=O)c2nncc3ccccc23)CC1. The Morgan fingerprint density at radius 1 is 1.28 bits per heavy atom. The monoisotopic (exact) mass is 338 g/mol. The Bertz CT molecular complexity index is 786. The lowest BCUT2D eigenvalue weighted by Crippen LogP contribution is -2.38. The fourth-order valence-corrected chi connectivity index (χ4v) is 3.20. The lowest BCUT2D eigenvalue weighted by Gasteiger charge is -2.32. The van der Waals surface area contributed by atoms with E-state index in [4.69, 9.17) is 0 Å². The molecule has 5 heteroatoms. The van der Waals surface area contributed by atoms with Crippen LogP contribution in [-0.2, 0) is 0 Å². The highest BCUT2D eigenvalue weighted by molar-refractivity contribution is 6.04. The van der Waals surface area contributed by atoms with Crippen LogP contribution in [0.25, 0.3) is 10.8 Å². The Morgan fingerprint density at radius 3 is 2.80 bits per heavy atom. The van der Waals surface area contributed by atoms with Crippen molar-refractivity contribution in [1.29, 1.82) is 0 Å². The van der Waals surface area contributed by atoms with Gasteiger partial charge >= 0.3 is 0 Å². The molecule has 1 amide bonds. The molecule has 2 aromatic rings. The molecule has 1 aliphatic heterocycles. The minimum Gasteiger partial charge on any atom is -0.349 e. The number of carbonyl (C=O) groups is 1. The summed E-state index contributed by atoms with van der Waals surface area (Å²) in [6, 6.07) is 7.69. The summed E-state index contributed by atoms with van der Waals surface area (Å²) in [5.74, 6) is -0.160. The van der Waals surface area contributed by atoms with Gasteiger partial charge in [0.15, 0.2) is 5.69 Å². The number of benzene rings is 1. The highest BCUT2D eigenvalue weighted by atomic mass is 16.1. The van der Waals surface area contributed by atoms with Crippen molar-refractivity contribution in [2.45, 2.75) is 27.2 Å². The number of fused-ring (bicyclic) bond motifs is 1. The van der Waals surface area contributed by atoms with E-state index < -0.39 is 0 Å². The Hall–Kier alpha value is -2.27. The summed E-state index contributed by atoms with van der Waals surface area (Å²) >= 11 is 0. The predicted molar refractivity (Wildman–Crippen MR) is 100 cm³/mol. The number of nitrogens with one attached hydrogen (secondary N) is 1. The summed E-state index contributed by atoms with van der Waals surface area (Å²) in [4.78, 5) is 14.8. The van der Waals surface area contributed by atoms with Gasteiger partial charge in [-0.3, -0.25) is 9.69 Å². The average molecular weight is 338 g/mol. The van der Waals surface area contributed by atoms with E-state index in [9.17, 15) is 4.79 Å². The predicted octanol–water partition coefficient (Wildman–Crippen LogP) is 3.04. The minimum atomic E-state index is -0.160. The van der Waals surface area contributed by atoms with Gasteiger partial charge in [-0.05, 0) is 11.8 Å². The largest absolute Gasteiger partial charge is 0.349 e. The van der Waals surface area contributed by atoms with Gasteiger partial charge in [0, 0.05) is 37.0 Å². The van der Waals surface area contributed by atoms with Gasteiger partial charge in [-0.15, -0.1) is 5.10 Å². The zero-order valence-electron chi connectivity index (χ0n) is 15.2. The number of rotatable bonds is 4. The van der Waals surface area contributed by atoms with Crippen LogP contribution >= 0.6 is 0 Å². The van der Waals surface area contributed by atoms with Crippen molar-refractivity contribution in [2.24, 2.45) is 5.41 Å². The number of hydrogen-bond acceptors (Lipinski definition) is 4. The number of carbonyl (C=O) groups excluding carboxylic acids is 1. The van der Waals surface area contributed by atoms with Gasteiger partial charge in [0.25, 0.3) is 5.91 Å². The molecule has 0 bridgehead atoms. The van der Waals surface area contributed by atoms with Crippen molar-refractivity contribution in [3.63, 3.8) is 0 Å². The highest BCUT2D eigenvalue weighted by Crippen LogP contribution is 2.29. The van der Waals surface area contributed by atoms with Crippen LogP contribution < -0.4 is 5.32 Å². The summed E-state index contributed by atoms with van der Waals surface area (Å²) < 4.78 is 0. The zero-order chi connectivity index (χ0) is 17.9. The standard InChI is InChI=1S/C20H26N4O/c1-20(2,3)16-8-11-24(12-9-16)13-10-21-19(25)18-17-7-5-4-6-15(17)14-22-23-18/h4-8,14H,9-13H2,1-3H3,(H,21,25). The summed E-state index contributed by atoms with van der Waals surface area (Å²) in [6.45, 7) is 10.3. The van der Waals surface area contributed by atoms with Crippen LogP contribution in [0.2, 0.25) is 0 Å². The van der Waals surface area contributed by atoms with Crippen molar-refractivity contribution in [1.82, 2.24) is 20.4 Å². The smallest absolute Gasteiger partial charge is 0.272 e. The Kier molecular flexibility index (Phi) is 5.13. The third-order valence-electron chi connectivity index (χ3n) is 4.76. The molecule has 5 nitrogen and oxygen atoms in total. The molecule has 1 aromatic heterocycles. The second-order valence-electron chi connectivity index (χ2n) is 7.57. The van der Waals surface area contributed by atoms with E-state index in [1.165, 1.54) is 5.57 Å². The molecule has 0 unspecified atom stereocenters. The Morgan fingerprint density at radius 2 is 2.08 bits per heavy atom. The second kappa shape index (κ2) is 7.31. The van der Waals surface area contributed by atoms with Crippen LogP contribution in [0.5, 0.6) is 0 Å². The maximum absolute atomic E-state index is 12.4. The van der Waals surface area contributed by atoms with Crippen LogP contribution in [0, 0.1) is 5.41 Å². The molecule has 0 saturated heterocycles. The lowest BCUT2D eigenvalue weighted by molar-refractivity contribution is 0.0944. The van der Waals surface area contributed by atoms with Gasteiger partial charge in [0.05, 0.1) is 6.20 Å². The van der Waals surface area contributed by atoms with Gasteiger partial charge in [-0.25, -0.2) is 0 Å². The second-order valence-corrected chi connectivity index (χ2v) is 7.57. The van der Waals surface area contributed by atoms with E-state index in [0.29, 0.717) is 12.2 Å². The highest BCUT2D eigenvalue weighted by Gasteiger charge is 2.21. The van der Waals surface area contributed by atoms with Gasteiger partial charge in [0.2, 0.25) is 0 Å². The van der Waals surface area contributed by atoms with Crippen molar-refractivity contribution in [3.8, 4) is 0 Å². The molecule has 0 aliphatic carbocycles. The van der Waals surface area contributed by atoms with Gasteiger partial charge in [-0.1, -0.05) is 56.7 Å². The molecule has 3 rings (SSSR count). The topological polar surface area (TPSA) is 58.1 Å². The normalized spacial score (nSPS) is 15.9. The first-order chi connectivity index (χ1) is 11.9. The van der Waals surface area contributed by atoms with E-state index in [-0.39, 0.29) is 11.3 Å². The van der Waals surface area contributed by atoms with Crippen molar-refractivity contribution in [3.05, 3.63) is 47.8 Å². The molecule has 132 valence electrons. The number of hydrogen-bond donors (Lipinski definition) is 1. The van der Waals surface area contributed by atoms with E-state index in [1.54, 1.807) is 6.20 Å². The molecule has 0 atom stereocenters. The van der Waals surface area contributed by atoms with Gasteiger partial charge in [0.1, 0.15) is 0 Å². The molecule has 1 aliphatic rings. The summed E-state index contributed by atoms with van der Waals surface area (Å²) in [5.41, 5.74) is 2.18. The number of aromatic nitrogens is 2. The molecule has 0 fully saturated rings. The van der Waals surface area contributed by atoms with Crippen LogP contribution in [0.3, 0.4) is 0 Å². The molecular weight excluding hydrogens is 312 g/mol. The summed E-state index contributed by atoms with van der Waals surface area (Å²) in [6.07, 6.45) is 5.12. The van der Waals surface area contributed by atoms with E-state index in [2.05, 4.69) is 47.3 Å². The molecule has 2 heterocycles. The van der Waals surface area contributed by atoms with Crippen LogP contribution in [0.1, 0.15) is 37.7 Å². The van der Waals surface area contributed by atoms with Gasteiger partial charge < -0.3 is 5.32 Å². The van der Waals surface area contributed by atoms with Crippen LogP contribution in [0.15, 0.2) is 42.1 Å². The summed E-state index contributed by atoms with van der Waals surface area (Å²) in [5, 5.41) is 12.7. The number of amides is 1. The van der Waals surface area contributed by atoms with Crippen molar-refractivity contribution in [2.75, 3.05) is 26.2 Å². The van der Waals surface area contributed by atoms with E-state index in [0.717, 1.165) is 36.8 Å². The maximum atomic E-state index is 12.4.